The van der Waals surface area contributed by atoms with Gasteiger partial charge in [-0.25, -0.2) is 14.8 Å². The van der Waals surface area contributed by atoms with E-state index in [1.807, 2.05) is 17.5 Å². The Morgan fingerprint density at radius 3 is 2.81 bits per heavy atom. The van der Waals surface area contributed by atoms with Crippen molar-refractivity contribution in [2.45, 2.75) is 19.8 Å². The summed E-state index contributed by atoms with van der Waals surface area (Å²) in [6.45, 7) is 3.93. The molecule has 0 spiro atoms. The Labute approximate surface area is 127 Å². The largest absolute Gasteiger partial charge is 0.477 e. The number of carboxylic acid groups (broad SMARTS) is 1. The average Bonchev–Trinajstić information content (AvgIpc) is 3.01. The molecule has 1 saturated heterocycles. The van der Waals surface area contributed by atoms with Crippen LogP contribution in [0.2, 0.25) is 0 Å². The molecule has 0 aromatic carbocycles. The highest BCUT2D eigenvalue weighted by atomic mass is 32.1. The molecule has 6 heteroatoms. The van der Waals surface area contributed by atoms with Gasteiger partial charge in [-0.05, 0) is 30.2 Å². The van der Waals surface area contributed by atoms with Gasteiger partial charge in [-0.15, -0.1) is 11.3 Å². The average molecular weight is 303 g/mol. The Hall–Kier alpha value is -1.95. The SMILES string of the molecule is CC1CCN(c2nc(-c3cccs3)ncc2C(=O)O)CC1. The van der Waals surface area contributed by atoms with Crippen molar-refractivity contribution in [2.24, 2.45) is 5.92 Å². The summed E-state index contributed by atoms with van der Waals surface area (Å²) in [5, 5.41) is 11.3. The van der Waals surface area contributed by atoms with Crippen LogP contribution in [-0.4, -0.2) is 34.1 Å². The highest BCUT2D eigenvalue weighted by molar-refractivity contribution is 7.13. The zero-order chi connectivity index (χ0) is 14.8. The first-order valence-corrected chi connectivity index (χ1v) is 7.92. The molecule has 3 heterocycles. The van der Waals surface area contributed by atoms with Crippen LogP contribution in [0.5, 0.6) is 0 Å². The Morgan fingerprint density at radius 1 is 1.43 bits per heavy atom. The number of aromatic carboxylic acids is 1. The molecule has 0 radical (unpaired) electrons. The fourth-order valence-electron chi connectivity index (χ4n) is 2.51. The summed E-state index contributed by atoms with van der Waals surface area (Å²) < 4.78 is 0. The minimum Gasteiger partial charge on any atom is -0.477 e. The maximum atomic E-state index is 11.4. The van der Waals surface area contributed by atoms with E-state index in [2.05, 4.69) is 21.8 Å². The lowest BCUT2D eigenvalue weighted by molar-refractivity contribution is 0.0696. The fraction of sp³-hybridized carbons (Fsp3) is 0.400. The summed E-state index contributed by atoms with van der Waals surface area (Å²) in [4.78, 5) is 23.2. The van der Waals surface area contributed by atoms with Gasteiger partial charge >= 0.3 is 5.97 Å². The molecule has 110 valence electrons. The van der Waals surface area contributed by atoms with Gasteiger partial charge in [0.05, 0.1) is 4.88 Å². The molecular weight excluding hydrogens is 286 g/mol. The lowest BCUT2D eigenvalue weighted by Gasteiger charge is -2.31. The number of hydrogen-bond acceptors (Lipinski definition) is 5. The standard InChI is InChI=1S/C15H17N3O2S/c1-10-4-6-18(7-5-10)14-11(15(19)20)9-16-13(17-14)12-3-2-8-21-12/h2-3,8-10H,4-7H2,1H3,(H,19,20). The molecule has 3 rings (SSSR count). The van der Waals surface area contributed by atoms with E-state index in [-0.39, 0.29) is 5.56 Å². The molecule has 0 amide bonds. The van der Waals surface area contributed by atoms with Gasteiger partial charge in [0.15, 0.2) is 5.82 Å². The lowest BCUT2D eigenvalue weighted by Crippen LogP contribution is -2.34. The topological polar surface area (TPSA) is 66.3 Å². The summed E-state index contributed by atoms with van der Waals surface area (Å²) in [7, 11) is 0. The second kappa shape index (κ2) is 5.81. The highest BCUT2D eigenvalue weighted by Gasteiger charge is 2.23. The van der Waals surface area contributed by atoms with E-state index in [0.717, 1.165) is 30.8 Å². The molecule has 0 unspecified atom stereocenters. The van der Waals surface area contributed by atoms with Crippen molar-refractivity contribution in [1.82, 2.24) is 9.97 Å². The number of nitrogens with zero attached hydrogens (tertiary/aromatic N) is 3. The Morgan fingerprint density at radius 2 is 2.19 bits per heavy atom. The maximum Gasteiger partial charge on any atom is 0.341 e. The van der Waals surface area contributed by atoms with E-state index in [1.165, 1.54) is 6.20 Å². The van der Waals surface area contributed by atoms with Crippen LogP contribution in [0.1, 0.15) is 30.1 Å². The first kappa shape index (κ1) is 14.0. The first-order chi connectivity index (χ1) is 10.1. The fourth-order valence-corrected chi connectivity index (χ4v) is 3.17. The summed E-state index contributed by atoms with van der Waals surface area (Å²) in [6.07, 6.45) is 3.56. The zero-order valence-electron chi connectivity index (χ0n) is 11.8. The minimum atomic E-state index is -0.971. The molecule has 0 atom stereocenters. The van der Waals surface area contributed by atoms with Gasteiger partial charge in [0.1, 0.15) is 11.4 Å². The highest BCUT2D eigenvalue weighted by Crippen LogP contribution is 2.28. The normalized spacial score (nSPS) is 16.1. The molecule has 1 fully saturated rings. The van der Waals surface area contributed by atoms with E-state index in [4.69, 9.17) is 0 Å². The number of thiophene rings is 1. The van der Waals surface area contributed by atoms with Crippen LogP contribution >= 0.6 is 11.3 Å². The molecule has 2 aromatic rings. The van der Waals surface area contributed by atoms with Crippen molar-refractivity contribution >= 4 is 23.1 Å². The number of aromatic nitrogens is 2. The van der Waals surface area contributed by atoms with E-state index in [9.17, 15) is 9.90 Å². The third-order valence-corrected chi connectivity index (χ3v) is 4.69. The second-order valence-corrected chi connectivity index (χ2v) is 6.33. The summed E-state index contributed by atoms with van der Waals surface area (Å²) in [6, 6.07) is 3.89. The summed E-state index contributed by atoms with van der Waals surface area (Å²) in [5.74, 6) is 0.867. The maximum absolute atomic E-state index is 11.4. The zero-order valence-corrected chi connectivity index (χ0v) is 12.6. The van der Waals surface area contributed by atoms with Gasteiger partial charge in [0.2, 0.25) is 0 Å². The third kappa shape index (κ3) is 2.90. The molecule has 0 saturated carbocycles. The van der Waals surface area contributed by atoms with Gasteiger partial charge in [-0.3, -0.25) is 0 Å². The number of carbonyl (C=O) groups is 1. The van der Waals surface area contributed by atoms with Gasteiger partial charge in [-0.1, -0.05) is 13.0 Å². The predicted molar refractivity (Wildman–Crippen MR) is 82.9 cm³/mol. The van der Waals surface area contributed by atoms with Crippen LogP contribution in [0.4, 0.5) is 5.82 Å². The molecular formula is C15H17N3O2S. The lowest BCUT2D eigenvalue weighted by atomic mass is 9.99. The monoisotopic (exact) mass is 303 g/mol. The van der Waals surface area contributed by atoms with Crippen molar-refractivity contribution in [2.75, 3.05) is 18.0 Å². The van der Waals surface area contributed by atoms with E-state index >= 15 is 0 Å². The van der Waals surface area contributed by atoms with Gasteiger partial charge in [-0.2, -0.15) is 0 Å². The Balaban J connectivity index is 1.99. The second-order valence-electron chi connectivity index (χ2n) is 5.38. The molecule has 1 aliphatic heterocycles. The number of anilines is 1. The van der Waals surface area contributed by atoms with Crippen LogP contribution < -0.4 is 4.90 Å². The minimum absolute atomic E-state index is 0.185. The number of hydrogen-bond donors (Lipinski definition) is 1. The summed E-state index contributed by atoms with van der Waals surface area (Å²) >= 11 is 1.56. The summed E-state index contributed by atoms with van der Waals surface area (Å²) in [5.41, 5.74) is 0.185. The van der Waals surface area contributed by atoms with Crippen LogP contribution in [0.3, 0.4) is 0 Å². The first-order valence-electron chi connectivity index (χ1n) is 7.04. The number of carboxylic acids is 1. The quantitative estimate of drug-likeness (QED) is 0.943. The molecule has 0 bridgehead atoms. The predicted octanol–water partition coefficient (Wildman–Crippen LogP) is 3.14. The van der Waals surface area contributed by atoms with Crippen LogP contribution in [-0.2, 0) is 0 Å². The number of piperidine rings is 1. The van der Waals surface area contributed by atoms with Gasteiger partial charge in [0, 0.05) is 19.3 Å². The third-order valence-electron chi connectivity index (χ3n) is 3.82. The molecule has 1 N–H and O–H groups in total. The Kier molecular flexibility index (Phi) is 3.88. The van der Waals surface area contributed by atoms with Gasteiger partial charge < -0.3 is 10.0 Å². The van der Waals surface area contributed by atoms with E-state index in [1.54, 1.807) is 11.3 Å². The van der Waals surface area contributed by atoms with Crippen molar-refractivity contribution in [3.63, 3.8) is 0 Å². The van der Waals surface area contributed by atoms with Crippen LogP contribution in [0.15, 0.2) is 23.7 Å². The van der Waals surface area contributed by atoms with Crippen molar-refractivity contribution in [3.8, 4) is 10.7 Å². The molecule has 21 heavy (non-hydrogen) atoms. The van der Waals surface area contributed by atoms with Crippen molar-refractivity contribution in [3.05, 3.63) is 29.3 Å². The van der Waals surface area contributed by atoms with E-state index in [0.29, 0.717) is 17.6 Å². The molecule has 5 nitrogen and oxygen atoms in total. The van der Waals surface area contributed by atoms with Gasteiger partial charge in [0.25, 0.3) is 0 Å². The Bertz CT molecular complexity index is 634. The number of rotatable bonds is 3. The van der Waals surface area contributed by atoms with Crippen LogP contribution in [0, 0.1) is 5.92 Å². The van der Waals surface area contributed by atoms with E-state index < -0.39 is 5.97 Å². The smallest absolute Gasteiger partial charge is 0.341 e. The molecule has 1 aliphatic rings. The molecule has 0 aliphatic carbocycles. The van der Waals surface area contributed by atoms with Crippen molar-refractivity contribution in [1.29, 1.82) is 0 Å². The van der Waals surface area contributed by atoms with Crippen molar-refractivity contribution < 1.29 is 9.90 Å². The molecule has 2 aromatic heterocycles. The van der Waals surface area contributed by atoms with Crippen LogP contribution in [0.25, 0.3) is 10.7 Å².